The highest BCUT2D eigenvalue weighted by Gasteiger charge is 2.39. The first-order valence-electron chi connectivity index (χ1n) is 8.30. The van der Waals surface area contributed by atoms with E-state index < -0.39 is 5.60 Å². The number of hydrogen-bond donors (Lipinski definition) is 1. The number of likely N-dealkylation sites (N-methyl/N-ethyl adjacent to an activating group) is 1. The van der Waals surface area contributed by atoms with Crippen LogP contribution in [0.5, 0.6) is 5.75 Å². The molecule has 1 saturated carbocycles. The van der Waals surface area contributed by atoms with Crippen molar-refractivity contribution in [3.8, 4) is 5.75 Å². The van der Waals surface area contributed by atoms with Crippen molar-refractivity contribution in [3.05, 3.63) is 24.3 Å². The van der Waals surface area contributed by atoms with Gasteiger partial charge in [-0.25, -0.2) is 0 Å². The first kappa shape index (κ1) is 17.8. The largest absolute Gasteiger partial charge is 0.492 e. The van der Waals surface area contributed by atoms with E-state index in [1.165, 1.54) is 6.42 Å². The lowest BCUT2D eigenvalue weighted by molar-refractivity contribution is -0.141. The third-order valence-electron chi connectivity index (χ3n) is 4.39. The van der Waals surface area contributed by atoms with Crippen molar-refractivity contribution >= 4 is 11.6 Å². The molecule has 1 aliphatic carbocycles. The molecule has 0 heterocycles. The van der Waals surface area contributed by atoms with Crippen molar-refractivity contribution in [1.29, 1.82) is 0 Å². The van der Waals surface area contributed by atoms with Crippen LogP contribution in [-0.2, 0) is 9.53 Å². The summed E-state index contributed by atoms with van der Waals surface area (Å²) >= 11 is 0. The minimum absolute atomic E-state index is 0.0408. The number of benzene rings is 1. The van der Waals surface area contributed by atoms with Gasteiger partial charge in [0.2, 0.25) is 0 Å². The molecule has 1 aliphatic rings. The van der Waals surface area contributed by atoms with Gasteiger partial charge in [0.15, 0.2) is 0 Å². The monoisotopic (exact) mass is 320 g/mol. The van der Waals surface area contributed by atoms with Gasteiger partial charge in [0.05, 0.1) is 0 Å². The minimum Gasteiger partial charge on any atom is -0.492 e. The first-order chi connectivity index (χ1) is 11.1. The SMILES string of the molecule is COC1(C(=O)Nc2ccc(OCCN(C)C)cc2)CCCCC1. The molecule has 1 fully saturated rings. The minimum atomic E-state index is -0.668. The summed E-state index contributed by atoms with van der Waals surface area (Å²) in [5.74, 6) is 0.768. The zero-order chi connectivity index (χ0) is 16.7. The Labute approximate surface area is 139 Å². The van der Waals surface area contributed by atoms with Crippen LogP contribution in [0.4, 0.5) is 5.69 Å². The Morgan fingerprint density at radius 2 is 1.83 bits per heavy atom. The maximum atomic E-state index is 12.6. The second kappa shape index (κ2) is 8.31. The lowest BCUT2D eigenvalue weighted by Gasteiger charge is -2.34. The van der Waals surface area contributed by atoms with Gasteiger partial charge in [-0.05, 0) is 51.2 Å². The van der Waals surface area contributed by atoms with E-state index in [-0.39, 0.29) is 5.91 Å². The average molecular weight is 320 g/mol. The van der Waals surface area contributed by atoms with Gasteiger partial charge in [0, 0.05) is 19.3 Å². The highest BCUT2D eigenvalue weighted by molar-refractivity contribution is 5.97. The fraction of sp³-hybridized carbons (Fsp3) is 0.611. The van der Waals surface area contributed by atoms with Crippen LogP contribution in [0.15, 0.2) is 24.3 Å². The third kappa shape index (κ3) is 4.94. The summed E-state index contributed by atoms with van der Waals surface area (Å²) in [5, 5.41) is 2.98. The fourth-order valence-electron chi connectivity index (χ4n) is 2.87. The Bertz CT molecular complexity index is 493. The van der Waals surface area contributed by atoms with Gasteiger partial charge >= 0.3 is 0 Å². The second-order valence-corrected chi connectivity index (χ2v) is 6.39. The van der Waals surface area contributed by atoms with Gasteiger partial charge in [-0.1, -0.05) is 19.3 Å². The molecular weight excluding hydrogens is 292 g/mol. The number of hydrogen-bond acceptors (Lipinski definition) is 4. The van der Waals surface area contributed by atoms with Gasteiger partial charge in [-0.15, -0.1) is 0 Å². The van der Waals surface area contributed by atoms with Crippen LogP contribution in [0, 0.1) is 0 Å². The van der Waals surface area contributed by atoms with Crippen LogP contribution < -0.4 is 10.1 Å². The standard InChI is InChI=1S/C18H28N2O3/c1-20(2)13-14-23-16-9-7-15(8-10-16)19-17(21)18(22-3)11-5-4-6-12-18/h7-10H,4-6,11-14H2,1-3H3,(H,19,21). The van der Waals surface area contributed by atoms with Crippen LogP contribution in [0.2, 0.25) is 0 Å². The van der Waals surface area contributed by atoms with Crippen molar-refractivity contribution in [2.24, 2.45) is 0 Å². The molecule has 0 saturated heterocycles. The molecule has 1 aromatic carbocycles. The molecule has 1 amide bonds. The van der Waals surface area contributed by atoms with Gasteiger partial charge < -0.3 is 19.7 Å². The Morgan fingerprint density at radius 3 is 2.39 bits per heavy atom. The quantitative estimate of drug-likeness (QED) is 0.839. The Balaban J connectivity index is 1.90. The molecular formula is C18H28N2O3. The fourth-order valence-corrected chi connectivity index (χ4v) is 2.87. The van der Waals surface area contributed by atoms with Crippen molar-refractivity contribution in [2.45, 2.75) is 37.7 Å². The van der Waals surface area contributed by atoms with Crippen LogP contribution in [0.25, 0.3) is 0 Å². The number of carbonyl (C=O) groups is 1. The van der Waals surface area contributed by atoms with Crippen molar-refractivity contribution in [2.75, 3.05) is 39.7 Å². The smallest absolute Gasteiger partial charge is 0.256 e. The molecule has 2 rings (SSSR count). The molecule has 0 aromatic heterocycles. The van der Waals surface area contributed by atoms with E-state index in [1.807, 2.05) is 38.4 Å². The maximum Gasteiger partial charge on any atom is 0.256 e. The maximum absolute atomic E-state index is 12.6. The third-order valence-corrected chi connectivity index (χ3v) is 4.39. The van der Waals surface area contributed by atoms with Crippen molar-refractivity contribution in [1.82, 2.24) is 4.90 Å². The molecule has 0 spiro atoms. The van der Waals surface area contributed by atoms with E-state index in [1.54, 1.807) is 7.11 Å². The number of ether oxygens (including phenoxy) is 2. The number of anilines is 1. The van der Waals surface area contributed by atoms with Crippen molar-refractivity contribution < 1.29 is 14.3 Å². The van der Waals surface area contributed by atoms with E-state index in [0.29, 0.717) is 6.61 Å². The molecule has 1 N–H and O–H groups in total. The lowest BCUT2D eigenvalue weighted by Crippen LogP contribution is -2.46. The summed E-state index contributed by atoms with van der Waals surface area (Å²) in [6, 6.07) is 7.50. The summed E-state index contributed by atoms with van der Waals surface area (Å²) < 4.78 is 11.2. The highest BCUT2D eigenvalue weighted by Crippen LogP contribution is 2.32. The van der Waals surface area contributed by atoms with Crippen molar-refractivity contribution in [3.63, 3.8) is 0 Å². The van der Waals surface area contributed by atoms with Crippen LogP contribution >= 0.6 is 0 Å². The normalized spacial score (nSPS) is 17.0. The number of nitrogens with zero attached hydrogens (tertiary/aromatic N) is 1. The highest BCUT2D eigenvalue weighted by atomic mass is 16.5. The molecule has 0 atom stereocenters. The molecule has 23 heavy (non-hydrogen) atoms. The number of rotatable bonds is 7. The summed E-state index contributed by atoms with van der Waals surface area (Å²) in [6.45, 7) is 1.51. The van der Waals surface area contributed by atoms with Crippen LogP contribution in [0.1, 0.15) is 32.1 Å². The number of methoxy groups -OCH3 is 1. The number of carbonyl (C=O) groups excluding carboxylic acids is 1. The predicted molar refractivity (Wildman–Crippen MR) is 91.9 cm³/mol. The van der Waals surface area contributed by atoms with Gasteiger partial charge in [-0.3, -0.25) is 4.79 Å². The molecule has 1 aromatic rings. The molecule has 5 heteroatoms. The Hall–Kier alpha value is -1.59. The molecule has 0 unspecified atom stereocenters. The molecule has 0 radical (unpaired) electrons. The summed E-state index contributed by atoms with van der Waals surface area (Å²) in [7, 11) is 5.66. The first-order valence-corrected chi connectivity index (χ1v) is 8.30. The Morgan fingerprint density at radius 1 is 1.17 bits per heavy atom. The Kier molecular flexibility index (Phi) is 6.42. The number of nitrogens with one attached hydrogen (secondary N) is 1. The topological polar surface area (TPSA) is 50.8 Å². The van der Waals surface area contributed by atoms with Crippen LogP contribution in [-0.4, -0.2) is 50.8 Å². The van der Waals surface area contributed by atoms with Crippen LogP contribution in [0.3, 0.4) is 0 Å². The van der Waals surface area contributed by atoms with E-state index >= 15 is 0 Å². The van der Waals surface area contributed by atoms with Gasteiger partial charge in [0.25, 0.3) is 5.91 Å². The summed E-state index contributed by atoms with van der Waals surface area (Å²) in [5.41, 5.74) is 0.107. The zero-order valence-corrected chi connectivity index (χ0v) is 14.4. The predicted octanol–water partition coefficient (Wildman–Crippen LogP) is 2.91. The van der Waals surface area contributed by atoms with E-state index in [4.69, 9.17) is 9.47 Å². The molecule has 0 bridgehead atoms. The van der Waals surface area contributed by atoms with Gasteiger partial charge in [0.1, 0.15) is 18.0 Å². The second-order valence-electron chi connectivity index (χ2n) is 6.39. The molecule has 128 valence electrons. The molecule has 5 nitrogen and oxygen atoms in total. The zero-order valence-electron chi connectivity index (χ0n) is 14.4. The van der Waals surface area contributed by atoms with Gasteiger partial charge in [-0.2, -0.15) is 0 Å². The van der Waals surface area contributed by atoms with E-state index in [0.717, 1.165) is 43.7 Å². The molecule has 0 aliphatic heterocycles. The number of amides is 1. The van der Waals surface area contributed by atoms with E-state index in [2.05, 4.69) is 10.2 Å². The lowest BCUT2D eigenvalue weighted by atomic mass is 9.84. The van der Waals surface area contributed by atoms with E-state index in [9.17, 15) is 4.79 Å². The average Bonchev–Trinajstić information content (AvgIpc) is 2.56. The summed E-state index contributed by atoms with van der Waals surface area (Å²) in [6.07, 6.45) is 4.85. The summed E-state index contributed by atoms with van der Waals surface area (Å²) in [4.78, 5) is 14.7.